The number of rotatable bonds is 4. The van der Waals surface area contributed by atoms with Gasteiger partial charge in [0.15, 0.2) is 11.5 Å². The number of nitrogens with zero attached hydrogens (tertiary/aromatic N) is 1. The maximum Gasteiger partial charge on any atom is 0.240 e. The Morgan fingerprint density at radius 3 is 2.64 bits per heavy atom. The zero-order valence-electron chi connectivity index (χ0n) is 15.6. The van der Waals surface area contributed by atoms with Gasteiger partial charge >= 0.3 is 0 Å². The number of ether oxygens (including phenoxy) is 3. The average molecular weight is 382 g/mol. The van der Waals surface area contributed by atoms with E-state index in [-0.39, 0.29) is 30.8 Å². The predicted octanol–water partition coefficient (Wildman–Crippen LogP) is 2.45. The van der Waals surface area contributed by atoms with E-state index in [1.54, 1.807) is 12.1 Å². The van der Waals surface area contributed by atoms with Crippen LogP contribution in [0.1, 0.15) is 24.9 Å². The first-order valence-electron chi connectivity index (χ1n) is 9.33. The molecule has 0 unspecified atom stereocenters. The number of carbonyl (C=O) groups is 2. The van der Waals surface area contributed by atoms with Gasteiger partial charge in [-0.25, -0.2) is 0 Å². The molecule has 0 fully saturated rings. The highest BCUT2D eigenvalue weighted by molar-refractivity contribution is 6.00. The van der Waals surface area contributed by atoms with E-state index in [0.29, 0.717) is 42.8 Å². The fourth-order valence-corrected chi connectivity index (χ4v) is 3.34. The number of para-hydroxylation sites is 2. The molecule has 28 heavy (non-hydrogen) atoms. The largest absolute Gasteiger partial charge is 0.491 e. The topological polar surface area (TPSA) is 77.1 Å². The molecule has 7 heteroatoms. The van der Waals surface area contributed by atoms with Crippen LogP contribution in [0.3, 0.4) is 0 Å². The van der Waals surface area contributed by atoms with Crippen LogP contribution in [0.15, 0.2) is 42.5 Å². The third kappa shape index (κ3) is 3.74. The lowest BCUT2D eigenvalue weighted by Gasteiger charge is -2.24. The first-order chi connectivity index (χ1) is 13.6. The van der Waals surface area contributed by atoms with Crippen LogP contribution in [0.5, 0.6) is 17.2 Å². The highest BCUT2D eigenvalue weighted by atomic mass is 16.6. The number of carbonyl (C=O) groups excluding carboxylic acids is 2. The number of fused-ring (bicyclic) bond motifs is 2. The van der Waals surface area contributed by atoms with E-state index in [1.165, 1.54) is 4.90 Å². The van der Waals surface area contributed by atoms with Crippen molar-refractivity contribution in [2.45, 2.75) is 19.4 Å². The normalized spacial score (nSPS) is 16.5. The Hall–Kier alpha value is -3.22. The molecule has 146 valence electrons. The molecule has 2 aromatic rings. The molecule has 0 saturated carbocycles. The van der Waals surface area contributed by atoms with Crippen LogP contribution in [0, 0.1) is 0 Å². The van der Waals surface area contributed by atoms with Crippen LogP contribution in [0.4, 0.5) is 5.69 Å². The zero-order chi connectivity index (χ0) is 19.5. The predicted molar refractivity (Wildman–Crippen MR) is 103 cm³/mol. The van der Waals surface area contributed by atoms with E-state index in [1.807, 2.05) is 37.3 Å². The molecule has 0 bridgehead atoms. The molecule has 0 saturated heterocycles. The third-order valence-corrected chi connectivity index (χ3v) is 4.78. The molecular weight excluding hydrogens is 360 g/mol. The van der Waals surface area contributed by atoms with Gasteiger partial charge in [-0.3, -0.25) is 14.5 Å². The highest BCUT2D eigenvalue weighted by Crippen LogP contribution is 2.33. The Balaban J connectivity index is 1.46. The first kappa shape index (κ1) is 18.2. The van der Waals surface area contributed by atoms with Crippen LogP contribution < -0.4 is 24.4 Å². The smallest absolute Gasteiger partial charge is 0.240 e. The maximum atomic E-state index is 12.6. The summed E-state index contributed by atoms with van der Waals surface area (Å²) < 4.78 is 16.7. The summed E-state index contributed by atoms with van der Waals surface area (Å²) in [5.74, 6) is 1.62. The van der Waals surface area contributed by atoms with Crippen LogP contribution in [-0.4, -0.2) is 38.2 Å². The average Bonchev–Trinajstić information content (AvgIpc) is 2.86. The molecule has 2 aliphatic heterocycles. The van der Waals surface area contributed by atoms with Crippen molar-refractivity contribution in [3.05, 3.63) is 48.0 Å². The second kappa shape index (κ2) is 7.80. The van der Waals surface area contributed by atoms with Gasteiger partial charge in [-0.15, -0.1) is 0 Å². The Morgan fingerprint density at radius 2 is 1.79 bits per heavy atom. The van der Waals surface area contributed by atoms with Crippen molar-refractivity contribution in [2.75, 3.05) is 31.3 Å². The molecule has 0 spiro atoms. The summed E-state index contributed by atoms with van der Waals surface area (Å²) in [4.78, 5) is 26.6. The van der Waals surface area contributed by atoms with Gasteiger partial charge in [0.1, 0.15) is 25.5 Å². The van der Waals surface area contributed by atoms with Crippen molar-refractivity contribution in [1.82, 2.24) is 5.32 Å². The molecule has 4 rings (SSSR count). The number of nitrogens with one attached hydrogen (secondary N) is 1. The summed E-state index contributed by atoms with van der Waals surface area (Å²) in [7, 11) is 0. The minimum absolute atomic E-state index is 0.0614. The SMILES string of the molecule is C[C@H](NC(=O)CN1C(=O)CCOc2ccccc21)c1ccc2c(c1)OCCO2. The van der Waals surface area contributed by atoms with Gasteiger partial charge < -0.3 is 19.5 Å². The lowest BCUT2D eigenvalue weighted by atomic mass is 10.1. The molecule has 0 aromatic heterocycles. The van der Waals surface area contributed by atoms with Gasteiger partial charge in [-0.2, -0.15) is 0 Å². The first-order valence-corrected chi connectivity index (χ1v) is 9.33. The Morgan fingerprint density at radius 1 is 1.04 bits per heavy atom. The standard InChI is InChI=1S/C21H22N2O5/c1-14(15-6-7-18-19(12-15)28-11-10-27-18)22-20(24)13-23-16-4-2-3-5-17(16)26-9-8-21(23)25/h2-7,12,14H,8-11,13H2,1H3,(H,22,24)/t14-/m0/s1. The number of hydrogen-bond acceptors (Lipinski definition) is 5. The van der Waals surface area contributed by atoms with Crippen molar-refractivity contribution >= 4 is 17.5 Å². The minimum atomic E-state index is -0.243. The van der Waals surface area contributed by atoms with E-state index in [0.717, 1.165) is 5.56 Å². The molecule has 2 amide bonds. The third-order valence-electron chi connectivity index (χ3n) is 4.78. The zero-order valence-corrected chi connectivity index (χ0v) is 15.6. The molecule has 2 heterocycles. The van der Waals surface area contributed by atoms with Gasteiger partial charge in [0, 0.05) is 0 Å². The minimum Gasteiger partial charge on any atom is -0.491 e. The van der Waals surface area contributed by atoms with Crippen molar-refractivity contribution in [3.63, 3.8) is 0 Å². The number of benzene rings is 2. The van der Waals surface area contributed by atoms with E-state index < -0.39 is 0 Å². The summed E-state index contributed by atoms with van der Waals surface area (Å²) in [6.45, 7) is 3.18. The van der Waals surface area contributed by atoms with Crippen molar-refractivity contribution < 1.29 is 23.8 Å². The summed E-state index contributed by atoms with van der Waals surface area (Å²) in [6.07, 6.45) is 0.236. The van der Waals surface area contributed by atoms with Crippen LogP contribution in [0.25, 0.3) is 0 Å². The van der Waals surface area contributed by atoms with E-state index in [9.17, 15) is 9.59 Å². The molecule has 1 N–H and O–H groups in total. The molecule has 0 aliphatic carbocycles. The molecule has 0 radical (unpaired) electrons. The van der Waals surface area contributed by atoms with Crippen molar-refractivity contribution in [2.24, 2.45) is 0 Å². The fourth-order valence-electron chi connectivity index (χ4n) is 3.34. The monoisotopic (exact) mass is 382 g/mol. The summed E-state index contributed by atoms with van der Waals surface area (Å²) >= 11 is 0. The Bertz CT molecular complexity index is 898. The van der Waals surface area contributed by atoms with E-state index in [4.69, 9.17) is 14.2 Å². The van der Waals surface area contributed by atoms with Crippen molar-refractivity contribution in [1.29, 1.82) is 0 Å². The highest BCUT2D eigenvalue weighted by Gasteiger charge is 2.25. The molecule has 2 aliphatic rings. The quantitative estimate of drug-likeness (QED) is 0.879. The number of hydrogen-bond donors (Lipinski definition) is 1. The lowest BCUT2D eigenvalue weighted by molar-refractivity contribution is -0.124. The van der Waals surface area contributed by atoms with Crippen LogP contribution >= 0.6 is 0 Å². The molecular formula is C21H22N2O5. The number of amides is 2. The van der Waals surface area contributed by atoms with Gasteiger partial charge in [0.05, 0.1) is 24.8 Å². The van der Waals surface area contributed by atoms with Crippen molar-refractivity contribution in [3.8, 4) is 17.2 Å². The lowest BCUT2D eigenvalue weighted by Crippen LogP contribution is -2.41. The summed E-state index contributed by atoms with van der Waals surface area (Å²) in [5.41, 5.74) is 1.52. The van der Waals surface area contributed by atoms with E-state index >= 15 is 0 Å². The second-order valence-corrected chi connectivity index (χ2v) is 6.74. The Kier molecular flexibility index (Phi) is 5.06. The molecule has 2 aromatic carbocycles. The van der Waals surface area contributed by atoms with E-state index in [2.05, 4.69) is 5.32 Å². The van der Waals surface area contributed by atoms with Gasteiger partial charge in [0.2, 0.25) is 11.8 Å². The summed E-state index contributed by atoms with van der Waals surface area (Å²) in [6, 6.07) is 12.6. The molecule has 1 atom stereocenters. The fraction of sp³-hybridized carbons (Fsp3) is 0.333. The van der Waals surface area contributed by atoms with Crippen LogP contribution in [-0.2, 0) is 9.59 Å². The Labute approximate surface area is 163 Å². The van der Waals surface area contributed by atoms with Gasteiger partial charge in [-0.05, 0) is 36.8 Å². The van der Waals surface area contributed by atoms with Gasteiger partial charge in [-0.1, -0.05) is 18.2 Å². The maximum absolute atomic E-state index is 12.6. The number of anilines is 1. The molecule has 7 nitrogen and oxygen atoms in total. The summed E-state index contributed by atoms with van der Waals surface area (Å²) in [5, 5.41) is 2.95. The van der Waals surface area contributed by atoms with Crippen LogP contribution in [0.2, 0.25) is 0 Å². The van der Waals surface area contributed by atoms with Gasteiger partial charge in [0.25, 0.3) is 0 Å². The second-order valence-electron chi connectivity index (χ2n) is 6.74.